The first-order valence-corrected chi connectivity index (χ1v) is 11.0. The molecule has 0 bridgehead atoms. The average Bonchev–Trinajstić information content (AvgIpc) is 3.19. The highest BCUT2D eigenvalue weighted by atomic mass is 32.1. The van der Waals surface area contributed by atoms with E-state index in [0.717, 1.165) is 27.2 Å². The van der Waals surface area contributed by atoms with Crippen LogP contribution in [0.2, 0.25) is 0 Å². The molecule has 6 nitrogen and oxygen atoms in total. The van der Waals surface area contributed by atoms with Gasteiger partial charge >= 0.3 is 0 Å². The molecule has 32 heavy (non-hydrogen) atoms. The quantitative estimate of drug-likeness (QED) is 0.349. The van der Waals surface area contributed by atoms with Crippen molar-refractivity contribution in [2.45, 2.75) is 20.8 Å². The van der Waals surface area contributed by atoms with Crippen LogP contribution in [-0.4, -0.2) is 38.8 Å². The largest absolute Gasteiger partial charge is 0.493 e. The lowest BCUT2D eigenvalue weighted by Gasteiger charge is -2.12. The molecule has 0 atom stereocenters. The van der Waals surface area contributed by atoms with Gasteiger partial charge in [0.15, 0.2) is 11.5 Å². The van der Waals surface area contributed by atoms with Crippen molar-refractivity contribution in [2.24, 2.45) is 10.1 Å². The lowest BCUT2D eigenvalue weighted by atomic mass is 10.1. The lowest BCUT2D eigenvalue weighted by Crippen LogP contribution is -2.13. The highest BCUT2D eigenvalue weighted by molar-refractivity contribution is 7.07. The summed E-state index contributed by atoms with van der Waals surface area (Å²) in [6, 6.07) is 10.1. The van der Waals surface area contributed by atoms with Crippen LogP contribution in [0.15, 0.2) is 58.0 Å². The molecule has 7 heteroatoms. The van der Waals surface area contributed by atoms with Crippen LogP contribution in [0.5, 0.6) is 17.2 Å². The monoisotopic (exact) mass is 451 g/mol. The van der Waals surface area contributed by atoms with E-state index in [1.165, 1.54) is 11.1 Å². The SMILES string of the molecule is C=C(C)CN=c1scc(-c2ccc(C)c(C)c2)n1N=Cc1cc(OC)c(OC)c(OC)c1. The number of aryl methyl sites for hydroxylation is 2. The zero-order valence-corrected chi connectivity index (χ0v) is 20.2. The summed E-state index contributed by atoms with van der Waals surface area (Å²) in [4.78, 5) is 5.49. The molecule has 0 saturated heterocycles. The van der Waals surface area contributed by atoms with Gasteiger partial charge in [0.2, 0.25) is 10.6 Å². The topological polar surface area (TPSA) is 57.3 Å². The van der Waals surface area contributed by atoms with Crippen LogP contribution in [0.1, 0.15) is 23.6 Å². The molecule has 0 unspecified atom stereocenters. The highest BCUT2D eigenvalue weighted by Crippen LogP contribution is 2.37. The van der Waals surface area contributed by atoms with Gasteiger partial charge in [-0.3, -0.25) is 4.99 Å². The van der Waals surface area contributed by atoms with Gasteiger partial charge in [0, 0.05) is 16.5 Å². The Morgan fingerprint density at radius 2 is 1.72 bits per heavy atom. The molecule has 1 heterocycles. The maximum atomic E-state index is 5.46. The molecule has 0 saturated carbocycles. The minimum absolute atomic E-state index is 0.545. The Balaban J connectivity index is 2.12. The molecular formula is C25H29N3O3S. The normalized spacial score (nSPS) is 11.8. The van der Waals surface area contributed by atoms with Crippen molar-refractivity contribution in [1.29, 1.82) is 0 Å². The molecule has 0 spiro atoms. The highest BCUT2D eigenvalue weighted by Gasteiger charge is 2.13. The van der Waals surface area contributed by atoms with Gasteiger partial charge in [0.1, 0.15) is 0 Å². The van der Waals surface area contributed by atoms with Crippen LogP contribution in [0, 0.1) is 13.8 Å². The number of ether oxygens (including phenoxy) is 3. The maximum absolute atomic E-state index is 5.46. The third-order valence-electron chi connectivity index (χ3n) is 4.98. The third kappa shape index (κ3) is 5.11. The molecule has 0 radical (unpaired) electrons. The fourth-order valence-corrected chi connectivity index (χ4v) is 3.96. The van der Waals surface area contributed by atoms with Gasteiger partial charge in [-0.05, 0) is 50.1 Å². The Morgan fingerprint density at radius 1 is 1.03 bits per heavy atom. The molecule has 3 rings (SSSR count). The molecule has 0 N–H and O–H groups in total. The Morgan fingerprint density at radius 3 is 2.28 bits per heavy atom. The molecule has 168 valence electrons. The molecular weight excluding hydrogens is 422 g/mol. The molecule has 0 aliphatic heterocycles. The van der Waals surface area contributed by atoms with Crippen molar-refractivity contribution in [3.63, 3.8) is 0 Å². The van der Waals surface area contributed by atoms with Gasteiger partial charge < -0.3 is 14.2 Å². The molecule has 0 aliphatic rings. The molecule has 0 fully saturated rings. The van der Waals surface area contributed by atoms with Gasteiger partial charge in [-0.2, -0.15) is 5.10 Å². The van der Waals surface area contributed by atoms with Gasteiger partial charge in [0.05, 0.1) is 39.8 Å². The number of thiazole rings is 1. The van der Waals surface area contributed by atoms with E-state index in [2.05, 4.69) is 44.0 Å². The Kier molecular flexibility index (Phi) is 7.53. The van der Waals surface area contributed by atoms with Crippen LogP contribution in [-0.2, 0) is 0 Å². The van der Waals surface area contributed by atoms with E-state index in [1.807, 2.05) is 23.7 Å². The molecule has 2 aromatic carbocycles. The van der Waals surface area contributed by atoms with E-state index in [1.54, 1.807) is 38.9 Å². The van der Waals surface area contributed by atoms with Crippen LogP contribution < -0.4 is 19.0 Å². The average molecular weight is 452 g/mol. The van der Waals surface area contributed by atoms with Crippen LogP contribution in [0.3, 0.4) is 0 Å². The van der Waals surface area contributed by atoms with E-state index in [4.69, 9.17) is 24.3 Å². The molecule has 0 amide bonds. The minimum atomic E-state index is 0.545. The third-order valence-corrected chi connectivity index (χ3v) is 5.84. The van der Waals surface area contributed by atoms with E-state index in [-0.39, 0.29) is 0 Å². The standard InChI is InChI=1S/C25H29N3O3S/c1-16(2)13-26-25-28(21(15-32-25)20-9-8-17(3)18(4)10-20)27-14-19-11-22(29-5)24(31-7)23(12-19)30-6/h8-12,14-15H,1,13H2,2-7H3. The van der Waals surface area contributed by atoms with Crippen molar-refractivity contribution < 1.29 is 14.2 Å². The van der Waals surface area contributed by atoms with E-state index in [9.17, 15) is 0 Å². The summed E-state index contributed by atoms with van der Waals surface area (Å²) in [6.07, 6.45) is 1.77. The summed E-state index contributed by atoms with van der Waals surface area (Å²) in [5.74, 6) is 1.69. The van der Waals surface area contributed by atoms with Crippen LogP contribution >= 0.6 is 11.3 Å². The van der Waals surface area contributed by atoms with Crippen molar-refractivity contribution in [2.75, 3.05) is 27.9 Å². The number of hydrogen-bond donors (Lipinski definition) is 0. The van der Waals surface area contributed by atoms with E-state index in [0.29, 0.717) is 23.8 Å². The molecule has 1 aromatic heterocycles. The van der Waals surface area contributed by atoms with Crippen molar-refractivity contribution in [3.8, 4) is 28.5 Å². The number of nitrogens with zero attached hydrogens (tertiary/aromatic N) is 3. The summed E-state index contributed by atoms with van der Waals surface area (Å²) in [7, 11) is 4.77. The second kappa shape index (κ2) is 10.3. The predicted octanol–water partition coefficient (Wildman–Crippen LogP) is 5.22. The molecule has 3 aromatic rings. The number of methoxy groups -OCH3 is 3. The fraction of sp³-hybridized carbons (Fsp3) is 0.280. The minimum Gasteiger partial charge on any atom is -0.493 e. The van der Waals surface area contributed by atoms with Gasteiger partial charge in [-0.1, -0.05) is 24.3 Å². The van der Waals surface area contributed by atoms with E-state index < -0.39 is 0 Å². The second-order valence-corrected chi connectivity index (χ2v) is 8.33. The first kappa shape index (κ1) is 23.3. The van der Waals surface area contributed by atoms with Crippen LogP contribution in [0.25, 0.3) is 11.3 Å². The Hall–Kier alpha value is -3.32. The fourth-order valence-electron chi connectivity index (χ4n) is 3.12. The van der Waals surface area contributed by atoms with Crippen molar-refractivity contribution in [3.05, 3.63) is 69.4 Å². The summed E-state index contributed by atoms with van der Waals surface area (Å²) >= 11 is 1.55. The van der Waals surface area contributed by atoms with Gasteiger partial charge in [-0.25, -0.2) is 4.68 Å². The van der Waals surface area contributed by atoms with Crippen molar-refractivity contribution in [1.82, 2.24) is 4.68 Å². The number of hydrogen-bond acceptors (Lipinski definition) is 6. The lowest BCUT2D eigenvalue weighted by molar-refractivity contribution is 0.324. The Labute approximate surface area is 193 Å². The summed E-state index contributed by atoms with van der Waals surface area (Å²) in [6.45, 7) is 10.7. The zero-order chi connectivity index (χ0) is 23.3. The number of aromatic nitrogens is 1. The first-order chi connectivity index (χ1) is 15.4. The summed E-state index contributed by atoms with van der Waals surface area (Å²) < 4.78 is 18.2. The molecule has 0 aliphatic carbocycles. The zero-order valence-electron chi connectivity index (χ0n) is 19.4. The first-order valence-electron chi connectivity index (χ1n) is 10.1. The predicted molar refractivity (Wildman–Crippen MR) is 132 cm³/mol. The second-order valence-electron chi connectivity index (χ2n) is 7.49. The van der Waals surface area contributed by atoms with Crippen molar-refractivity contribution >= 4 is 17.6 Å². The van der Waals surface area contributed by atoms with E-state index >= 15 is 0 Å². The Bertz CT molecular complexity index is 1200. The maximum Gasteiger partial charge on any atom is 0.206 e. The summed E-state index contributed by atoms with van der Waals surface area (Å²) in [5, 5.41) is 6.85. The van der Waals surface area contributed by atoms with Gasteiger partial charge in [-0.15, -0.1) is 11.3 Å². The van der Waals surface area contributed by atoms with Crippen LogP contribution in [0.4, 0.5) is 0 Å². The number of benzene rings is 2. The summed E-state index contributed by atoms with van der Waals surface area (Å²) in [5.41, 5.74) is 6.35. The van der Waals surface area contributed by atoms with Gasteiger partial charge in [0.25, 0.3) is 0 Å². The smallest absolute Gasteiger partial charge is 0.206 e. The number of rotatable bonds is 8.